The molecule has 154 valence electrons. The molecule has 0 aliphatic carbocycles. The summed E-state index contributed by atoms with van der Waals surface area (Å²) in [5.41, 5.74) is 1.06. The van der Waals surface area contributed by atoms with Crippen molar-refractivity contribution in [1.82, 2.24) is 9.55 Å². The predicted molar refractivity (Wildman–Crippen MR) is 114 cm³/mol. The summed E-state index contributed by atoms with van der Waals surface area (Å²) in [7, 11) is 0. The van der Waals surface area contributed by atoms with E-state index in [4.69, 9.17) is 16.3 Å². The first-order valence-corrected chi connectivity index (χ1v) is 10.4. The zero-order chi connectivity index (χ0) is 21.3. The van der Waals surface area contributed by atoms with E-state index in [2.05, 4.69) is 4.98 Å². The Morgan fingerprint density at radius 1 is 1.07 bits per heavy atom. The van der Waals surface area contributed by atoms with Gasteiger partial charge in [-0.3, -0.25) is 14.2 Å². The highest BCUT2D eigenvalue weighted by Crippen LogP contribution is 2.18. The molecule has 0 saturated carbocycles. The quantitative estimate of drug-likeness (QED) is 0.463. The first-order chi connectivity index (χ1) is 14.4. The number of esters is 1. The molecule has 1 aliphatic rings. The van der Waals surface area contributed by atoms with Gasteiger partial charge in [0.2, 0.25) is 5.78 Å². The molecule has 2 aromatic carbocycles. The summed E-state index contributed by atoms with van der Waals surface area (Å²) in [6.07, 6.45) is 2.80. The zero-order valence-electron chi connectivity index (χ0n) is 16.6. The van der Waals surface area contributed by atoms with Crippen molar-refractivity contribution in [2.75, 3.05) is 0 Å². The Bertz CT molecular complexity index is 1180. The Hall–Kier alpha value is -2.99. The first-order valence-electron chi connectivity index (χ1n) is 9.98. The third-order valence-corrected chi connectivity index (χ3v) is 5.59. The molecule has 1 unspecified atom stereocenters. The van der Waals surface area contributed by atoms with Crippen LogP contribution in [0.5, 0.6) is 0 Å². The van der Waals surface area contributed by atoms with E-state index in [1.54, 1.807) is 41.0 Å². The minimum atomic E-state index is -0.958. The van der Waals surface area contributed by atoms with Gasteiger partial charge in [-0.15, -0.1) is 0 Å². The van der Waals surface area contributed by atoms with Gasteiger partial charge < -0.3 is 4.74 Å². The SMILES string of the molecule is CC(OC(=O)c1ccc2c(=O)n3c(nc2c1)CCCCC3)C(=O)c1ccc(Cl)cc1. The van der Waals surface area contributed by atoms with Crippen molar-refractivity contribution in [3.63, 3.8) is 0 Å². The van der Waals surface area contributed by atoms with Crippen molar-refractivity contribution in [3.8, 4) is 0 Å². The predicted octanol–water partition coefficient (Wildman–Crippen LogP) is 4.20. The van der Waals surface area contributed by atoms with E-state index in [-0.39, 0.29) is 16.9 Å². The maximum atomic E-state index is 12.8. The Balaban J connectivity index is 1.58. The summed E-state index contributed by atoms with van der Waals surface area (Å²) >= 11 is 5.85. The van der Waals surface area contributed by atoms with Crippen molar-refractivity contribution in [3.05, 3.63) is 74.8 Å². The molecule has 0 spiro atoms. The number of nitrogens with zero attached hydrogens (tertiary/aromatic N) is 2. The monoisotopic (exact) mass is 424 g/mol. The van der Waals surface area contributed by atoms with Gasteiger partial charge in [0.25, 0.3) is 5.56 Å². The Morgan fingerprint density at radius 3 is 2.57 bits per heavy atom. The lowest BCUT2D eigenvalue weighted by Crippen LogP contribution is -2.25. The van der Waals surface area contributed by atoms with Gasteiger partial charge in [-0.1, -0.05) is 18.0 Å². The summed E-state index contributed by atoms with van der Waals surface area (Å²) < 4.78 is 7.10. The fourth-order valence-electron chi connectivity index (χ4n) is 3.68. The second-order valence-electron chi connectivity index (χ2n) is 7.45. The highest BCUT2D eigenvalue weighted by molar-refractivity contribution is 6.30. The minimum Gasteiger partial charge on any atom is -0.451 e. The van der Waals surface area contributed by atoms with Gasteiger partial charge >= 0.3 is 5.97 Å². The van der Waals surface area contributed by atoms with Crippen molar-refractivity contribution < 1.29 is 14.3 Å². The lowest BCUT2D eigenvalue weighted by molar-refractivity contribution is 0.0319. The van der Waals surface area contributed by atoms with Gasteiger partial charge in [0.15, 0.2) is 6.10 Å². The van der Waals surface area contributed by atoms with Gasteiger partial charge in [0, 0.05) is 23.6 Å². The molecular formula is C23H21ClN2O4. The number of hydrogen-bond acceptors (Lipinski definition) is 5. The Morgan fingerprint density at radius 2 is 1.80 bits per heavy atom. The van der Waals surface area contributed by atoms with Crippen LogP contribution in [0, 0.1) is 0 Å². The molecule has 7 heteroatoms. The van der Waals surface area contributed by atoms with E-state index >= 15 is 0 Å². The first kappa shape index (κ1) is 20.3. The summed E-state index contributed by atoms with van der Waals surface area (Å²) in [6, 6.07) is 11.1. The fourth-order valence-corrected chi connectivity index (χ4v) is 3.80. The number of aromatic nitrogens is 2. The van der Waals surface area contributed by atoms with Crippen LogP contribution in [0.1, 0.15) is 52.7 Å². The van der Waals surface area contributed by atoms with Crippen molar-refractivity contribution in [1.29, 1.82) is 0 Å². The van der Waals surface area contributed by atoms with Crippen molar-refractivity contribution in [2.45, 2.75) is 45.3 Å². The van der Waals surface area contributed by atoms with Crippen LogP contribution in [0.4, 0.5) is 0 Å². The standard InChI is InChI=1S/C23H21ClN2O4/c1-14(21(27)15-6-9-17(24)10-7-15)30-23(29)16-8-11-18-19(13-16)25-20-5-3-2-4-12-26(20)22(18)28/h6-11,13-14H,2-5,12H2,1H3. The average Bonchev–Trinajstić information content (AvgIpc) is 2.99. The van der Waals surface area contributed by atoms with Gasteiger partial charge in [-0.05, 0) is 62.2 Å². The molecule has 2 heterocycles. The highest BCUT2D eigenvalue weighted by Gasteiger charge is 2.21. The largest absolute Gasteiger partial charge is 0.451 e. The van der Waals surface area contributed by atoms with E-state index in [9.17, 15) is 14.4 Å². The van der Waals surface area contributed by atoms with Crippen LogP contribution in [0.3, 0.4) is 0 Å². The van der Waals surface area contributed by atoms with Crippen LogP contribution >= 0.6 is 11.6 Å². The minimum absolute atomic E-state index is 0.0805. The van der Waals surface area contributed by atoms with E-state index < -0.39 is 12.1 Å². The average molecular weight is 425 g/mol. The molecule has 0 fully saturated rings. The molecule has 3 aromatic rings. The molecular weight excluding hydrogens is 404 g/mol. The summed E-state index contributed by atoms with van der Waals surface area (Å²) in [6.45, 7) is 2.20. The molecule has 0 N–H and O–H groups in total. The molecule has 0 bridgehead atoms. The third kappa shape index (κ3) is 4.00. The van der Waals surface area contributed by atoms with Crippen molar-refractivity contribution in [2.24, 2.45) is 0 Å². The molecule has 1 aromatic heterocycles. The number of hydrogen-bond donors (Lipinski definition) is 0. The van der Waals surface area contributed by atoms with E-state index in [0.29, 0.717) is 28.0 Å². The number of fused-ring (bicyclic) bond motifs is 2. The van der Waals surface area contributed by atoms with Gasteiger partial charge in [0.1, 0.15) is 5.82 Å². The molecule has 0 saturated heterocycles. The number of rotatable bonds is 4. The number of benzene rings is 2. The second kappa shape index (κ2) is 8.40. The summed E-state index contributed by atoms with van der Waals surface area (Å²) in [5, 5.41) is 0.996. The lowest BCUT2D eigenvalue weighted by Gasteiger charge is -2.13. The number of ether oxygens (including phenoxy) is 1. The second-order valence-corrected chi connectivity index (χ2v) is 7.88. The topological polar surface area (TPSA) is 78.3 Å². The van der Waals surface area contributed by atoms with Crippen LogP contribution in [-0.4, -0.2) is 27.4 Å². The van der Waals surface area contributed by atoms with E-state index in [1.165, 1.54) is 13.0 Å². The summed E-state index contributed by atoms with van der Waals surface area (Å²) in [5.74, 6) is -0.201. The normalized spacial score (nSPS) is 14.6. The Labute approximate surface area is 178 Å². The molecule has 30 heavy (non-hydrogen) atoms. The van der Waals surface area contributed by atoms with Crippen LogP contribution in [0.2, 0.25) is 5.02 Å². The highest BCUT2D eigenvalue weighted by atomic mass is 35.5. The molecule has 0 radical (unpaired) electrons. The molecule has 1 aliphatic heterocycles. The lowest BCUT2D eigenvalue weighted by atomic mass is 10.1. The van der Waals surface area contributed by atoms with Crippen LogP contribution < -0.4 is 5.56 Å². The zero-order valence-corrected chi connectivity index (χ0v) is 17.3. The van der Waals surface area contributed by atoms with Gasteiger partial charge in [-0.25, -0.2) is 9.78 Å². The van der Waals surface area contributed by atoms with Crippen LogP contribution in [-0.2, 0) is 17.7 Å². The maximum Gasteiger partial charge on any atom is 0.338 e. The van der Waals surface area contributed by atoms with Crippen molar-refractivity contribution >= 4 is 34.3 Å². The third-order valence-electron chi connectivity index (χ3n) is 5.33. The maximum absolute atomic E-state index is 12.8. The molecule has 4 rings (SSSR count). The molecule has 1 atom stereocenters. The number of ketones is 1. The Kier molecular flexibility index (Phi) is 5.68. The number of halogens is 1. The number of Topliss-reactive ketones (excluding diaryl/α,β-unsaturated/α-hetero) is 1. The van der Waals surface area contributed by atoms with Gasteiger partial charge in [-0.2, -0.15) is 0 Å². The number of carbonyl (C=O) groups excluding carboxylic acids is 2. The summed E-state index contributed by atoms with van der Waals surface area (Å²) in [4.78, 5) is 42.5. The van der Waals surface area contributed by atoms with E-state index in [1.807, 2.05) is 0 Å². The fraction of sp³-hybridized carbons (Fsp3) is 0.304. The molecule has 0 amide bonds. The number of carbonyl (C=O) groups is 2. The molecule has 6 nitrogen and oxygen atoms in total. The number of aryl methyl sites for hydroxylation is 1. The van der Waals surface area contributed by atoms with Gasteiger partial charge in [0.05, 0.1) is 16.5 Å². The van der Waals surface area contributed by atoms with E-state index in [0.717, 1.165) is 31.5 Å². The van der Waals surface area contributed by atoms with Crippen LogP contribution in [0.15, 0.2) is 47.3 Å². The smallest absolute Gasteiger partial charge is 0.338 e. The van der Waals surface area contributed by atoms with Crippen LogP contribution in [0.25, 0.3) is 10.9 Å².